The summed E-state index contributed by atoms with van der Waals surface area (Å²) in [5.74, 6) is 1.58. The molecule has 2 unspecified atom stereocenters. The maximum absolute atomic E-state index is 5.39. The molecule has 0 radical (unpaired) electrons. The molecule has 140 valence electrons. The fraction of sp³-hybridized carbons (Fsp3) is 0.455. The molecule has 4 heteroatoms. The summed E-state index contributed by atoms with van der Waals surface area (Å²) in [4.78, 5) is 2.57. The van der Waals surface area contributed by atoms with E-state index in [0.29, 0.717) is 12.1 Å². The van der Waals surface area contributed by atoms with Gasteiger partial charge in [0, 0.05) is 25.2 Å². The van der Waals surface area contributed by atoms with Crippen molar-refractivity contribution < 1.29 is 9.47 Å². The molecule has 0 saturated carbocycles. The number of benzene rings is 2. The van der Waals surface area contributed by atoms with Crippen molar-refractivity contribution in [1.29, 1.82) is 0 Å². The van der Waals surface area contributed by atoms with Gasteiger partial charge >= 0.3 is 0 Å². The van der Waals surface area contributed by atoms with E-state index in [0.717, 1.165) is 37.6 Å². The monoisotopic (exact) mass is 354 g/mol. The molecule has 4 nitrogen and oxygen atoms in total. The molecule has 1 aliphatic rings. The second kappa shape index (κ2) is 9.06. The van der Waals surface area contributed by atoms with E-state index in [9.17, 15) is 0 Å². The van der Waals surface area contributed by atoms with Gasteiger partial charge in [0.25, 0.3) is 0 Å². The van der Waals surface area contributed by atoms with Crippen LogP contribution in [0, 0.1) is 0 Å². The number of rotatable bonds is 8. The van der Waals surface area contributed by atoms with Gasteiger partial charge in [-0.15, -0.1) is 0 Å². The Balaban J connectivity index is 1.46. The van der Waals surface area contributed by atoms with Gasteiger partial charge in [0.15, 0.2) is 11.5 Å². The summed E-state index contributed by atoms with van der Waals surface area (Å²) in [5, 5.41) is 3.72. The van der Waals surface area contributed by atoms with Crippen molar-refractivity contribution in [2.45, 2.75) is 31.8 Å². The molecule has 26 heavy (non-hydrogen) atoms. The van der Waals surface area contributed by atoms with Crippen LogP contribution in [0.2, 0.25) is 0 Å². The van der Waals surface area contributed by atoms with Gasteiger partial charge in [-0.05, 0) is 49.6 Å². The molecule has 0 bridgehead atoms. The first-order valence-electron chi connectivity index (χ1n) is 9.44. The van der Waals surface area contributed by atoms with Crippen molar-refractivity contribution in [3.05, 3.63) is 59.7 Å². The predicted molar refractivity (Wildman–Crippen MR) is 106 cm³/mol. The first-order chi connectivity index (χ1) is 12.7. The van der Waals surface area contributed by atoms with Crippen molar-refractivity contribution in [3.8, 4) is 11.5 Å². The number of likely N-dealkylation sites (tertiary alicyclic amines) is 1. The highest BCUT2D eigenvalue weighted by atomic mass is 16.5. The Morgan fingerprint density at radius 2 is 1.85 bits per heavy atom. The number of hydrogen-bond acceptors (Lipinski definition) is 4. The van der Waals surface area contributed by atoms with Crippen LogP contribution < -0.4 is 14.8 Å². The first kappa shape index (κ1) is 18.7. The molecule has 0 spiro atoms. The summed E-state index contributed by atoms with van der Waals surface area (Å²) >= 11 is 0. The average molecular weight is 354 g/mol. The summed E-state index contributed by atoms with van der Waals surface area (Å²) in [6.07, 6.45) is 2.20. The van der Waals surface area contributed by atoms with Gasteiger partial charge < -0.3 is 14.8 Å². The number of ether oxygens (including phenoxy) is 2. The Morgan fingerprint density at radius 3 is 2.58 bits per heavy atom. The Bertz CT molecular complexity index is 690. The second-order valence-corrected chi connectivity index (χ2v) is 6.96. The van der Waals surface area contributed by atoms with E-state index >= 15 is 0 Å². The molecule has 1 aliphatic heterocycles. The zero-order chi connectivity index (χ0) is 18.4. The molecule has 1 saturated heterocycles. The number of methoxy groups -OCH3 is 2. The molecule has 2 aromatic rings. The third-order valence-electron chi connectivity index (χ3n) is 5.34. The van der Waals surface area contributed by atoms with Gasteiger partial charge in [0.2, 0.25) is 0 Å². The highest BCUT2D eigenvalue weighted by molar-refractivity contribution is 5.42. The second-order valence-electron chi connectivity index (χ2n) is 6.96. The van der Waals surface area contributed by atoms with E-state index in [1.165, 1.54) is 17.5 Å². The third kappa shape index (κ3) is 4.57. The molecule has 2 aromatic carbocycles. The van der Waals surface area contributed by atoms with Crippen LogP contribution in [0.5, 0.6) is 11.5 Å². The minimum atomic E-state index is 0.480. The van der Waals surface area contributed by atoms with E-state index in [1.807, 2.05) is 6.07 Å². The normalized spacial score (nSPS) is 18.7. The minimum Gasteiger partial charge on any atom is -0.493 e. The van der Waals surface area contributed by atoms with Crippen molar-refractivity contribution in [1.82, 2.24) is 10.2 Å². The maximum atomic E-state index is 5.39. The smallest absolute Gasteiger partial charge is 0.160 e. The lowest BCUT2D eigenvalue weighted by molar-refractivity contribution is 0.256. The third-order valence-corrected chi connectivity index (χ3v) is 5.34. The summed E-state index contributed by atoms with van der Waals surface area (Å²) in [5.41, 5.74) is 2.67. The molecule has 1 N–H and O–H groups in total. The largest absolute Gasteiger partial charge is 0.493 e. The highest BCUT2D eigenvalue weighted by Gasteiger charge is 2.26. The summed E-state index contributed by atoms with van der Waals surface area (Å²) in [6, 6.07) is 18.0. The number of nitrogens with one attached hydrogen (secondary N) is 1. The number of nitrogens with zero attached hydrogens (tertiary/aromatic N) is 1. The zero-order valence-electron chi connectivity index (χ0n) is 16.1. The molecular weight excluding hydrogens is 324 g/mol. The molecule has 0 aromatic heterocycles. The van der Waals surface area contributed by atoms with E-state index in [-0.39, 0.29) is 0 Å². The van der Waals surface area contributed by atoms with Gasteiger partial charge in [-0.3, -0.25) is 4.90 Å². The molecule has 3 rings (SSSR count). The summed E-state index contributed by atoms with van der Waals surface area (Å²) in [7, 11) is 3.35. The average Bonchev–Trinajstić information content (AvgIpc) is 3.16. The minimum absolute atomic E-state index is 0.480. The quantitative estimate of drug-likeness (QED) is 0.784. The molecule has 1 fully saturated rings. The lowest BCUT2D eigenvalue weighted by Gasteiger charge is -2.25. The standard InChI is InChI=1S/C22H30N2O2/c1-17(19-7-5-4-6-8-19)24-14-12-20(16-24)23-13-11-18-9-10-21(25-2)22(15-18)26-3/h4-10,15,17,20,23H,11-14,16H2,1-3H3. The van der Waals surface area contributed by atoms with Crippen molar-refractivity contribution in [3.63, 3.8) is 0 Å². The zero-order valence-corrected chi connectivity index (χ0v) is 16.1. The predicted octanol–water partition coefficient (Wildman–Crippen LogP) is 3.67. The van der Waals surface area contributed by atoms with Gasteiger partial charge in [0.05, 0.1) is 14.2 Å². The molecule has 0 amide bonds. The van der Waals surface area contributed by atoms with Crippen LogP contribution in [-0.4, -0.2) is 44.8 Å². The van der Waals surface area contributed by atoms with E-state index in [1.54, 1.807) is 14.2 Å². The topological polar surface area (TPSA) is 33.7 Å². The Morgan fingerprint density at radius 1 is 1.08 bits per heavy atom. The lowest BCUT2D eigenvalue weighted by atomic mass is 10.1. The van der Waals surface area contributed by atoms with Crippen molar-refractivity contribution in [2.75, 3.05) is 33.9 Å². The van der Waals surface area contributed by atoms with Gasteiger partial charge in [-0.2, -0.15) is 0 Å². The van der Waals surface area contributed by atoms with E-state index < -0.39 is 0 Å². The highest BCUT2D eigenvalue weighted by Crippen LogP contribution is 2.28. The number of hydrogen-bond donors (Lipinski definition) is 1. The van der Waals surface area contributed by atoms with Crippen molar-refractivity contribution >= 4 is 0 Å². The Kier molecular flexibility index (Phi) is 6.53. The van der Waals surface area contributed by atoms with Gasteiger partial charge in [-0.1, -0.05) is 36.4 Å². The Labute approximate surface area is 157 Å². The van der Waals surface area contributed by atoms with Crippen LogP contribution in [0.25, 0.3) is 0 Å². The van der Waals surface area contributed by atoms with Crippen LogP contribution in [0.3, 0.4) is 0 Å². The van der Waals surface area contributed by atoms with Gasteiger partial charge in [0.1, 0.15) is 0 Å². The molecular formula is C22H30N2O2. The molecule has 2 atom stereocenters. The van der Waals surface area contributed by atoms with E-state index in [2.05, 4.69) is 59.6 Å². The SMILES string of the molecule is COc1ccc(CCNC2CCN(C(C)c3ccccc3)C2)cc1OC. The fourth-order valence-corrected chi connectivity index (χ4v) is 3.70. The summed E-state index contributed by atoms with van der Waals surface area (Å²) in [6.45, 7) is 5.56. The fourth-order valence-electron chi connectivity index (χ4n) is 3.70. The van der Waals surface area contributed by atoms with Gasteiger partial charge in [-0.25, -0.2) is 0 Å². The van der Waals surface area contributed by atoms with Crippen LogP contribution in [-0.2, 0) is 6.42 Å². The van der Waals surface area contributed by atoms with Crippen LogP contribution in [0.4, 0.5) is 0 Å². The van der Waals surface area contributed by atoms with Crippen LogP contribution >= 0.6 is 0 Å². The maximum Gasteiger partial charge on any atom is 0.160 e. The van der Waals surface area contributed by atoms with Crippen LogP contribution in [0.15, 0.2) is 48.5 Å². The Hall–Kier alpha value is -2.04. The first-order valence-corrected chi connectivity index (χ1v) is 9.44. The van der Waals surface area contributed by atoms with Crippen molar-refractivity contribution in [2.24, 2.45) is 0 Å². The van der Waals surface area contributed by atoms with Crippen LogP contribution in [0.1, 0.15) is 30.5 Å². The lowest BCUT2D eigenvalue weighted by Crippen LogP contribution is -2.34. The van der Waals surface area contributed by atoms with E-state index in [4.69, 9.17) is 9.47 Å². The molecule has 1 heterocycles. The molecule has 0 aliphatic carbocycles. The summed E-state index contributed by atoms with van der Waals surface area (Å²) < 4.78 is 10.7.